The van der Waals surface area contributed by atoms with Crippen LogP contribution in [0.5, 0.6) is 0 Å². The summed E-state index contributed by atoms with van der Waals surface area (Å²) in [6.45, 7) is 5.46. The Hall–Kier alpha value is -0.900. The van der Waals surface area contributed by atoms with Gasteiger partial charge in [0.2, 0.25) is 0 Å². The molecule has 0 aromatic heterocycles. The van der Waals surface area contributed by atoms with Crippen molar-refractivity contribution < 1.29 is 5.11 Å². The van der Waals surface area contributed by atoms with Gasteiger partial charge >= 0.3 is 0 Å². The maximum absolute atomic E-state index is 10.2. The zero-order valence-corrected chi connectivity index (χ0v) is 12.6. The van der Waals surface area contributed by atoms with E-state index in [2.05, 4.69) is 36.1 Å². The smallest absolute Gasteiger partial charge is 0.0790 e. The summed E-state index contributed by atoms with van der Waals surface area (Å²) in [5.74, 6) is 0. The minimum Gasteiger partial charge on any atom is -0.388 e. The molecule has 1 fully saturated rings. The van der Waals surface area contributed by atoms with E-state index in [1.165, 1.54) is 5.56 Å². The van der Waals surface area contributed by atoms with Gasteiger partial charge in [0.25, 0.3) is 0 Å². The molecule has 3 heteroatoms. The van der Waals surface area contributed by atoms with Gasteiger partial charge < -0.3 is 15.7 Å². The van der Waals surface area contributed by atoms with E-state index in [0.29, 0.717) is 6.04 Å². The maximum Gasteiger partial charge on any atom is 0.0790 e. The van der Waals surface area contributed by atoms with Crippen molar-refractivity contribution in [2.24, 2.45) is 5.73 Å². The Balaban J connectivity index is 1.70. The van der Waals surface area contributed by atoms with Gasteiger partial charge in [0.15, 0.2) is 0 Å². The normalized spacial score (nSPS) is 19.1. The lowest BCUT2D eigenvalue weighted by Crippen LogP contribution is -2.40. The quantitative estimate of drug-likeness (QED) is 0.839. The van der Waals surface area contributed by atoms with Crippen LogP contribution in [0.3, 0.4) is 0 Å². The van der Waals surface area contributed by atoms with Crippen molar-refractivity contribution in [3.05, 3.63) is 35.4 Å². The van der Waals surface area contributed by atoms with E-state index >= 15 is 0 Å². The van der Waals surface area contributed by atoms with Gasteiger partial charge in [-0.1, -0.05) is 31.2 Å². The summed E-state index contributed by atoms with van der Waals surface area (Å²) in [7, 11) is 0. The topological polar surface area (TPSA) is 49.5 Å². The third-order valence-corrected chi connectivity index (χ3v) is 4.36. The zero-order chi connectivity index (χ0) is 14.4. The number of nitrogens with zero attached hydrogens (tertiary/aromatic N) is 1. The van der Waals surface area contributed by atoms with Crippen LogP contribution in [0.25, 0.3) is 0 Å². The fraction of sp³-hybridized carbons (Fsp3) is 0.647. The number of rotatable bonds is 6. The molecule has 0 radical (unpaired) electrons. The Morgan fingerprint density at radius 2 is 1.90 bits per heavy atom. The van der Waals surface area contributed by atoms with Gasteiger partial charge in [-0.05, 0) is 62.9 Å². The van der Waals surface area contributed by atoms with Gasteiger partial charge in [-0.3, -0.25) is 0 Å². The Kier molecular flexibility index (Phi) is 6.02. The maximum atomic E-state index is 10.2. The number of piperidine rings is 1. The lowest BCUT2D eigenvalue weighted by atomic mass is 10.0. The van der Waals surface area contributed by atoms with Crippen molar-refractivity contribution in [1.29, 1.82) is 0 Å². The van der Waals surface area contributed by atoms with E-state index in [4.69, 9.17) is 5.73 Å². The second-order valence-electron chi connectivity index (χ2n) is 5.93. The highest BCUT2D eigenvalue weighted by atomic mass is 16.3. The number of benzene rings is 1. The van der Waals surface area contributed by atoms with Crippen molar-refractivity contribution in [2.75, 3.05) is 19.6 Å². The number of likely N-dealkylation sites (tertiary alicyclic amines) is 1. The highest BCUT2D eigenvalue weighted by Crippen LogP contribution is 2.19. The van der Waals surface area contributed by atoms with E-state index in [0.717, 1.165) is 57.3 Å². The summed E-state index contributed by atoms with van der Waals surface area (Å²) in [5, 5.41) is 10.2. The molecular formula is C17H28N2O. The fourth-order valence-electron chi connectivity index (χ4n) is 2.83. The average Bonchev–Trinajstić information content (AvgIpc) is 2.49. The lowest BCUT2D eigenvalue weighted by molar-refractivity contribution is 0.148. The molecule has 3 nitrogen and oxygen atoms in total. The fourth-order valence-corrected chi connectivity index (χ4v) is 2.83. The van der Waals surface area contributed by atoms with Crippen LogP contribution < -0.4 is 5.73 Å². The third-order valence-electron chi connectivity index (χ3n) is 4.36. The molecule has 1 heterocycles. The monoisotopic (exact) mass is 276 g/mol. The summed E-state index contributed by atoms with van der Waals surface area (Å²) >= 11 is 0. The van der Waals surface area contributed by atoms with Gasteiger partial charge in [-0.2, -0.15) is 0 Å². The molecule has 2 rings (SSSR count). The third kappa shape index (κ3) is 4.58. The Morgan fingerprint density at radius 1 is 1.25 bits per heavy atom. The molecule has 1 aromatic carbocycles. The molecule has 112 valence electrons. The average molecular weight is 276 g/mol. The van der Waals surface area contributed by atoms with Crippen molar-refractivity contribution in [3.63, 3.8) is 0 Å². The van der Waals surface area contributed by atoms with Crippen molar-refractivity contribution in [2.45, 2.75) is 51.2 Å². The molecule has 0 amide bonds. The Morgan fingerprint density at radius 3 is 2.50 bits per heavy atom. The van der Waals surface area contributed by atoms with Crippen LogP contribution in [0.2, 0.25) is 0 Å². The minimum absolute atomic E-state index is 0.326. The lowest BCUT2D eigenvalue weighted by Gasteiger charge is -2.30. The van der Waals surface area contributed by atoms with Crippen LogP contribution in [0.1, 0.15) is 49.8 Å². The van der Waals surface area contributed by atoms with E-state index in [1.807, 2.05) is 0 Å². The van der Waals surface area contributed by atoms with Crippen LogP contribution in [0.15, 0.2) is 24.3 Å². The first kappa shape index (κ1) is 15.5. The summed E-state index contributed by atoms with van der Waals surface area (Å²) in [6, 6.07) is 8.75. The van der Waals surface area contributed by atoms with Crippen molar-refractivity contribution in [3.8, 4) is 0 Å². The van der Waals surface area contributed by atoms with Gasteiger partial charge in [-0.25, -0.2) is 0 Å². The molecule has 1 aromatic rings. The largest absolute Gasteiger partial charge is 0.388 e. The standard InChI is InChI=1S/C17H28N2O/c1-2-14-5-7-15(8-6-14)17(20)4-3-11-19-12-9-16(18)10-13-19/h5-8,16-17,20H,2-4,9-13,18H2,1H3. The van der Waals surface area contributed by atoms with Crippen LogP contribution in [-0.2, 0) is 6.42 Å². The molecule has 1 unspecified atom stereocenters. The van der Waals surface area contributed by atoms with Crippen LogP contribution >= 0.6 is 0 Å². The molecule has 0 aliphatic carbocycles. The molecular weight excluding hydrogens is 248 g/mol. The van der Waals surface area contributed by atoms with Crippen LogP contribution in [0.4, 0.5) is 0 Å². The number of aliphatic hydroxyl groups excluding tert-OH is 1. The summed E-state index contributed by atoms with van der Waals surface area (Å²) in [5.41, 5.74) is 8.28. The summed E-state index contributed by atoms with van der Waals surface area (Å²) in [6.07, 6.45) is 4.84. The number of hydrogen-bond donors (Lipinski definition) is 2. The van der Waals surface area contributed by atoms with E-state index in [9.17, 15) is 5.11 Å². The summed E-state index contributed by atoms with van der Waals surface area (Å²) < 4.78 is 0. The van der Waals surface area contributed by atoms with Gasteiger partial charge in [-0.15, -0.1) is 0 Å². The van der Waals surface area contributed by atoms with E-state index in [-0.39, 0.29) is 6.10 Å². The van der Waals surface area contributed by atoms with Gasteiger partial charge in [0.05, 0.1) is 6.10 Å². The van der Waals surface area contributed by atoms with E-state index in [1.54, 1.807) is 0 Å². The predicted molar refractivity (Wildman–Crippen MR) is 83.7 cm³/mol. The Labute approximate surface area is 122 Å². The Bertz CT molecular complexity index is 382. The number of aryl methyl sites for hydroxylation is 1. The molecule has 1 aliphatic rings. The van der Waals surface area contributed by atoms with E-state index < -0.39 is 0 Å². The first-order valence-corrected chi connectivity index (χ1v) is 7.94. The SMILES string of the molecule is CCc1ccc(C(O)CCCN2CCC(N)CC2)cc1. The number of hydrogen-bond acceptors (Lipinski definition) is 3. The second-order valence-corrected chi connectivity index (χ2v) is 5.93. The molecule has 0 bridgehead atoms. The highest BCUT2D eigenvalue weighted by molar-refractivity contribution is 5.24. The van der Waals surface area contributed by atoms with Gasteiger partial charge in [0.1, 0.15) is 0 Å². The molecule has 20 heavy (non-hydrogen) atoms. The molecule has 1 saturated heterocycles. The number of aliphatic hydroxyl groups is 1. The summed E-state index contributed by atoms with van der Waals surface area (Å²) in [4.78, 5) is 2.47. The molecule has 0 spiro atoms. The molecule has 1 aliphatic heterocycles. The van der Waals surface area contributed by atoms with Crippen LogP contribution in [-0.4, -0.2) is 35.7 Å². The predicted octanol–water partition coefficient (Wildman–Crippen LogP) is 2.49. The highest BCUT2D eigenvalue weighted by Gasteiger charge is 2.16. The second kappa shape index (κ2) is 7.77. The van der Waals surface area contributed by atoms with Gasteiger partial charge in [0, 0.05) is 6.04 Å². The first-order chi connectivity index (χ1) is 9.69. The molecule has 0 saturated carbocycles. The minimum atomic E-state index is -0.326. The first-order valence-electron chi connectivity index (χ1n) is 7.94. The number of nitrogens with two attached hydrogens (primary N) is 1. The van der Waals surface area contributed by atoms with Crippen LogP contribution in [0, 0.1) is 0 Å². The molecule has 1 atom stereocenters. The van der Waals surface area contributed by atoms with Crippen molar-refractivity contribution >= 4 is 0 Å². The van der Waals surface area contributed by atoms with Crippen molar-refractivity contribution in [1.82, 2.24) is 4.90 Å². The molecule has 3 N–H and O–H groups in total. The zero-order valence-electron chi connectivity index (χ0n) is 12.6.